The first kappa shape index (κ1) is 12.6. The van der Waals surface area contributed by atoms with Gasteiger partial charge in [-0.2, -0.15) is 0 Å². The number of oxime groups is 1. The number of morpholine rings is 1. The number of amidine groups is 1. The molecule has 6 nitrogen and oxygen atoms in total. The van der Waals surface area contributed by atoms with E-state index in [-0.39, 0.29) is 18.0 Å². The Morgan fingerprint density at radius 1 is 1.50 bits per heavy atom. The maximum Gasteiger partial charge on any atom is 0.172 e. The van der Waals surface area contributed by atoms with Crippen LogP contribution in [0.1, 0.15) is 19.4 Å². The van der Waals surface area contributed by atoms with Crippen LogP contribution >= 0.6 is 0 Å². The molecular weight excluding hydrogens is 232 g/mol. The molecule has 0 amide bonds. The third kappa shape index (κ3) is 2.53. The second-order valence-electron chi connectivity index (χ2n) is 4.54. The molecule has 3 N–H and O–H groups in total. The van der Waals surface area contributed by atoms with Crippen molar-refractivity contribution in [1.29, 1.82) is 0 Å². The van der Waals surface area contributed by atoms with Gasteiger partial charge in [-0.1, -0.05) is 5.16 Å². The van der Waals surface area contributed by atoms with Crippen LogP contribution in [0.3, 0.4) is 0 Å². The summed E-state index contributed by atoms with van der Waals surface area (Å²) in [5, 5.41) is 11.9. The Kier molecular flexibility index (Phi) is 3.66. The molecule has 1 saturated heterocycles. The molecule has 1 aromatic rings. The van der Waals surface area contributed by atoms with Crippen molar-refractivity contribution >= 4 is 11.5 Å². The summed E-state index contributed by atoms with van der Waals surface area (Å²) in [5.41, 5.74) is 7.24. The zero-order valence-corrected chi connectivity index (χ0v) is 10.6. The van der Waals surface area contributed by atoms with Crippen LogP contribution < -0.4 is 10.6 Å². The zero-order chi connectivity index (χ0) is 13.1. The van der Waals surface area contributed by atoms with E-state index in [1.807, 2.05) is 13.8 Å². The molecule has 98 valence electrons. The predicted molar refractivity (Wildman–Crippen MR) is 69.0 cm³/mol. The van der Waals surface area contributed by atoms with Gasteiger partial charge < -0.3 is 20.6 Å². The fourth-order valence-corrected chi connectivity index (χ4v) is 2.28. The molecule has 0 aliphatic carbocycles. The number of nitrogens with zero attached hydrogens (tertiary/aromatic N) is 3. The number of ether oxygens (including phenoxy) is 1. The monoisotopic (exact) mass is 250 g/mol. The van der Waals surface area contributed by atoms with Gasteiger partial charge in [0, 0.05) is 24.8 Å². The molecule has 1 aromatic heterocycles. The number of anilines is 1. The summed E-state index contributed by atoms with van der Waals surface area (Å²) in [4.78, 5) is 6.26. The third-order valence-corrected chi connectivity index (χ3v) is 2.94. The van der Waals surface area contributed by atoms with Gasteiger partial charge in [0.1, 0.15) is 0 Å². The van der Waals surface area contributed by atoms with Crippen LogP contribution in [-0.4, -0.2) is 41.3 Å². The molecule has 1 aliphatic rings. The van der Waals surface area contributed by atoms with Crippen LogP contribution in [0, 0.1) is 0 Å². The van der Waals surface area contributed by atoms with Gasteiger partial charge in [0.15, 0.2) is 5.84 Å². The number of aromatic nitrogens is 1. The molecular formula is C12H18N4O2. The zero-order valence-electron chi connectivity index (χ0n) is 10.6. The summed E-state index contributed by atoms with van der Waals surface area (Å²) >= 11 is 0. The van der Waals surface area contributed by atoms with Gasteiger partial charge in [0.05, 0.1) is 24.1 Å². The number of rotatable bonds is 2. The van der Waals surface area contributed by atoms with Crippen LogP contribution in [0.2, 0.25) is 0 Å². The maximum absolute atomic E-state index is 8.81. The van der Waals surface area contributed by atoms with Crippen LogP contribution in [0.5, 0.6) is 0 Å². The van der Waals surface area contributed by atoms with Gasteiger partial charge in [-0.25, -0.2) is 0 Å². The number of nitrogens with two attached hydrogens (primary N) is 1. The largest absolute Gasteiger partial charge is 0.409 e. The standard InChI is InChI=1S/C12H18N4O2/c1-8-6-16(7-9(2)18-8)11-5-14-4-3-10(11)12(13)15-17/h3-5,8-9,17H,6-7H2,1-2H3,(H2,13,15)/t8-,9+. The molecule has 6 heteroatoms. The van der Waals surface area contributed by atoms with Crippen molar-refractivity contribution in [3.05, 3.63) is 24.0 Å². The lowest BCUT2D eigenvalue weighted by Gasteiger charge is -2.37. The summed E-state index contributed by atoms with van der Waals surface area (Å²) in [7, 11) is 0. The van der Waals surface area contributed by atoms with Crippen molar-refractivity contribution in [2.45, 2.75) is 26.1 Å². The summed E-state index contributed by atoms with van der Waals surface area (Å²) < 4.78 is 5.69. The lowest BCUT2D eigenvalue weighted by Crippen LogP contribution is -2.46. The van der Waals surface area contributed by atoms with Crippen LogP contribution in [0.4, 0.5) is 5.69 Å². The fourth-order valence-electron chi connectivity index (χ4n) is 2.28. The van der Waals surface area contributed by atoms with Gasteiger partial charge in [-0.15, -0.1) is 0 Å². The van der Waals surface area contributed by atoms with Crippen LogP contribution in [0.15, 0.2) is 23.6 Å². The molecule has 0 bridgehead atoms. The quantitative estimate of drug-likeness (QED) is 0.351. The highest BCUT2D eigenvalue weighted by Gasteiger charge is 2.24. The topological polar surface area (TPSA) is 84.0 Å². The number of hydrogen-bond donors (Lipinski definition) is 2. The Morgan fingerprint density at radius 2 is 2.17 bits per heavy atom. The highest BCUT2D eigenvalue weighted by Crippen LogP contribution is 2.23. The van der Waals surface area contributed by atoms with Crippen molar-refractivity contribution in [1.82, 2.24) is 4.98 Å². The molecule has 1 fully saturated rings. The molecule has 0 spiro atoms. The first-order chi connectivity index (χ1) is 8.61. The van der Waals surface area contributed by atoms with Crippen molar-refractivity contribution in [3.8, 4) is 0 Å². The molecule has 0 aromatic carbocycles. The average Bonchev–Trinajstić information content (AvgIpc) is 2.36. The molecule has 2 atom stereocenters. The van der Waals surface area contributed by atoms with Crippen molar-refractivity contribution in [2.24, 2.45) is 10.9 Å². The first-order valence-corrected chi connectivity index (χ1v) is 5.94. The Labute approximate surface area is 106 Å². The van der Waals surface area contributed by atoms with E-state index >= 15 is 0 Å². The lowest BCUT2D eigenvalue weighted by molar-refractivity contribution is -0.00524. The molecule has 0 radical (unpaired) electrons. The Balaban J connectivity index is 2.32. The molecule has 0 unspecified atom stereocenters. The smallest absolute Gasteiger partial charge is 0.172 e. The molecule has 2 rings (SSSR count). The Hall–Kier alpha value is -1.82. The van der Waals surface area contributed by atoms with Gasteiger partial charge in [-0.05, 0) is 19.9 Å². The van der Waals surface area contributed by atoms with Gasteiger partial charge in [0.25, 0.3) is 0 Å². The molecule has 18 heavy (non-hydrogen) atoms. The van der Waals surface area contributed by atoms with E-state index in [0.29, 0.717) is 5.56 Å². The van der Waals surface area contributed by atoms with E-state index in [2.05, 4.69) is 15.0 Å². The Morgan fingerprint density at radius 3 is 2.78 bits per heavy atom. The number of pyridine rings is 1. The second kappa shape index (κ2) is 5.22. The molecule has 2 heterocycles. The van der Waals surface area contributed by atoms with Gasteiger partial charge in [-0.3, -0.25) is 4.98 Å². The van der Waals surface area contributed by atoms with Crippen molar-refractivity contribution in [2.75, 3.05) is 18.0 Å². The highest BCUT2D eigenvalue weighted by atomic mass is 16.5. The minimum atomic E-state index is 0.0965. The maximum atomic E-state index is 8.81. The normalized spacial score (nSPS) is 25.2. The molecule has 0 saturated carbocycles. The predicted octanol–water partition coefficient (Wildman–Crippen LogP) is 0.790. The van der Waals surface area contributed by atoms with E-state index < -0.39 is 0 Å². The minimum absolute atomic E-state index is 0.0965. The van der Waals surface area contributed by atoms with Gasteiger partial charge >= 0.3 is 0 Å². The highest BCUT2D eigenvalue weighted by molar-refractivity contribution is 6.02. The third-order valence-electron chi connectivity index (χ3n) is 2.94. The lowest BCUT2D eigenvalue weighted by atomic mass is 10.1. The van der Waals surface area contributed by atoms with E-state index in [1.54, 1.807) is 18.5 Å². The van der Waals surface area contributed by atoms with Crippen LogP contribution in [-0.2, 0) is 4.74 Å². The summed E-state index contributed by atoms with van der Waals surface area (Å²) in [6.45, 7) is 5.59. The minimum Gasteiger partial charge on any atom is -0.409 e. The molecule has 1 aliphatic heterocycles. The van der Waals surface area contributed by atoms with E-state index in [0.717, 1.165) is 18.8 Å². The summed E-state index contributed by atoms with van der Waals surface area (Å²) in [6, 6.07) is 1.75. The Bertz CT molecular complexity index is 439. The fraction of sp³-hybridized carbons (Fsp3) is 0.500. The second-order valence-corrected chi connectivity index (χ2v) is 4.54. The summed E-state index contributed by atoms with van der Waals surface area (Å²) in [5.74, 6) is 0.0965. The van der Waals surface area contributed by atoms with E-state index in [1.165, 1.54) is 0 Å². The van der Waals surface area contributed by atoms with Crippen LogP contribution in [0.25, 0.3) is 0 Å². The summed E-state index contributed by atoms with van der Waals surface area (Å²) in [6.07, 6.45) is 3.66. The van der Waals surface area contributed by atoms with Crippen molar-refractivity contribution in [3.63, 3.8) is 0 Å². The average molecular weight is 250 g/mol. The van der Waals surface area contributed by atoms with Gasteiger partial charge in [0.2, 0.25) is 0 Å². The van der Waals surface area contributed by atoms with E-state index in [9.17, 15) is 0 Å². The van der Waals surface area contributed by atoms with E-state index in [4.69, 9.17) is 15.7 Å². The SMILES string of the molecule is C[C@@H]1CN(c2cnccc2/C(N)=N/O)C[C@H](C)O1. The first-order valence-electron chi connectivity index (χ1n) is 5.94. The number of hydrogen-bond acceptors (Lipinski definition) is 5. The van der Waals surface area contributed by atoms with Crippen molar-refractivity contribution < 1.29 is 9.94 Å².